The number of rotatable bonds is 5. The minimum Gasteiger partial charge on any atom is -0.352 e. The first-order valence-electron chi connectivity index (χ1n) is 11.4. The van der Waals surface area contributed by atoms with E-state index in [0.717, 1.165) is 29.8 Å². The molecule has 2 aliphatic rings. The van der Waals surface area contributed by atoms with Gasteiger partial charge in [-0.15, -0.1) is 0 Å². The van der Waals surface area contributed by atoms with Gasteiger partial charge in [0.05, 0.1) is 16.5 Å². The lowest BCUT2D eigenvalue weighted by molar-refractivity contribution is -0.145. The Balaban J connectivity index is 1.38. The quantitative estimate of drug-likeness (QED) is 0.647. The van der Waals surface area contributed by atoms with Crippen molar-refractivity contribution in [2.45, 2.75) is 48.8 Å². The van der Waals surface area contributed by atoms with Gasteiger partial charge in [0.15, 0.2) is 0 Å². The number of benzene rings is 2. The first kappa shape index (κ1) is 25.2. The minimum atomic E-state index is -4.55. The van der Waals surface area contributed by atoms with Crippen molar-refractivity contribution in [1.29, 1.82) is 0 Å². The van der Waals surface area contributed by atoms with Gasteiger partial charge in [0.1, 0.15) is 6.54 Å². The normalized spacial score (nSPS) is 23.6. The van der Waals surface area contributed by atoms with E-state index in [4.69, 9.17) is 0 Å². The molecular weight excluding hydrogens is 483 g/mol. The molecule has 4 rings (SSSR count). The molecule has 7 nitrogen and oxygen atoms in total. The van der Waals surface area contributed by atoms with Crippen molar-refractivity contribution in [3.8, 4) is 0 Å². The molecule has 1 unspecified atom stereocenters. The maximum Gasteiger partial charge on any atom is 0.416 e. The van der Waals surface area contributed by atoms with Crippen molar-refractivity contribution in [3.63, 3.8) is 0 Å². The van der Waals surface area contributed by atoms with E-state index in [1.807, 2.05) is 30.3 Å². The third kappa shape index (κ3) is 5.84. The summed E-state index contributed by atoms with van der Waals surface area (Å²) in [5.74, 6) is -0.680. The van der Waals surface area contributed by atoms with Gasteiger partial charge in [-0.05, 0) is 55.5 Å². The minimum absolute atomic E-state index is 0.0289. The summed E-state index contributed by atoms with van der Waals surface area (Å²) in [4.78, 5) is 26.7. The van der Waals surface area contributed by atoms with Gasteiger partial charge in [-0.1, -0.05) is 30.3 Å². The fourth-order valence-electron chi connectivity index (χ4n) is 4.65. The Kier molecular flexibility index (Phi) is 7.18. The summed E-state index contributed by atoms with van der Waals surface area (Å²) in [5.41, 5.74) is 0.00881. The van der Waals surface area contributed by atoms with Crippen molar-refractivity contribution < 1.29 is 31.2 Å². The Hall–Kier alpha value is -2.92. The number of hydrogen-bond acceptors (Lipinski definition) is 4. The lowest BCUT2D eigenvalue weighted by atomic mass is 9.85. The molecule has 35 heavy (non-hydrogen) atoms. The van der Waals surface area contributed by atoms with Crippen LogP contribution in [-0.2, 0) is 25.8 Å². The van der Waals surface area contributed by atoms with Crippen LogP contribution in [0.1, 0.15) is 42.9 Å². The van der Waals surface area contributed by atoms with Crippen LogP contribution in [0.2, 0.25) is 0 Å². The molecular formula is C24H26F3N3O4S. The number of carbonyl (C=O) groups excluding carboxylic acids is 2. The van der Waals surface area contributed by atoms with Gasteiger partial charge < -0.3 is 10.2 Å². The molecule has 2 fully saturated rings. The molecule has 11 heteroatoms. The van der Waals surface area contributed by atoms with Gasteiger partial charge in [0, 0.05) is 18.5 Å². The maximum absolute atomic E-state index is 13.3. The van der Waals surface area contributed by atoms with Crippen molar-refractivity contribution in [2.75, 3.05) is 13.1 Å². The Morgan fingerprint density at radius 3 is 2.20 bits per heavy atom. The molecule has 1 aliphatic carbocycles. The van der Waals surface area contributed by atoms with Crippen LogP contribution in [0, 0.1) is 5.92 Å². The Labute approximate surface area is 201 Å². The molecule has 1 saturated carbocycles. The van der Waals surface area contributed by atoms with E-state index in [2.05, 4.69) is 10.0 Å². The zero-order valence-corrected chi connectivity index (χ0v) is 19.6. The first-order valence-corrected chi connectivity index (χ1v) is 12.8. The largest absolute Gasteiger partial charge is 0.416 e. The summed E-state index contributed by atoms with van der Waals surface area (Å²) in [5, 5.41) is 2.81. The summed E-state index contributed by atoms with van der Waals surface area (Å²) in [6.07, 6.45) is -2.84. The van der Waals surface area contributed by atoms with E-state index in [1.165, 1.54) is 0 Å². The van der Waals surface area contributed by atoms with Crippen molar-refractivity contribution in [3.05, 3.63) is 65.7 Å². The second kappa shape index (κ2) is 9.98. The highest BCUT2D eigenvalue weighted by atomic mass is 32.2. The number of amides is 2. The summed E-state index contributed by atoms with van der Waals surface area (Å²) in [6.45, 7) is 0.301. The monoisotopic (exact) mass is 509 g/mol. The molecule has 1 saturated heterocycles. The molecule has 188 valence electrons. The average Bonchev–Trinajstić information content (AvgIpc) is 2.84. The fourth-order valence-corrected chi connectivity index (χ4v) is 5.95. The molecule has 2 aromatic carbocycles. The van der Waals surface area contributed by atoms with Gasteiger partial charge in [-0.3, -0.25) is 9.59 Å². The molecule has 2 aromatic rings. The summed E-state index contributed by atoms with van der Waals surface area (Å²) in [7, 11) is -4.00. The molecule has 0 spiro atoms. The highest BCUT2D eigenvalue weighted by molar-refractivity contribution is 7.89. The van der Waals surface area contributed by atoms with Gasteiger partial charge in [-0.25, -0.2) is 13.1 Å². The van der Waals surface area contributed by atoms with Crippen molar-refractivity contribution in [2.24, 2.45) is 5.92 Å². The topological polar surface area (TPSA) is 95.6 Å². The van der Waals surface area contributed by atoms with Crippen LogP contribution < -0.4 is 10.0 Å². The molecule has 1 heterocycles. The first-order chi connectivity index (χ1) is 16.5. The molecule has 0 radical (unpaired) electrons. The molecule has 1 aliphatic heterocycles. The zero-order valence-electron chi connectivity index (χ0n) is 18.8. The lowest BCUT2D eigenvalue weighted by Gasteiger charge is -2.39. The van der Waals surface area contributed by atoms with E-state index in [9.17, 15) is 31.2 Å². The number of nitrogens with zero attached hydrogens (tertiary/aromatic N) is 1. The number of hydrogen-bond donors (Lipinski definition) is 2. The standard InChI is InChI=1S/C24H26F3N3O4S/c25-24(26,27)18-8-12-20(13-9-18)35(33,34)29-19-10-6-17(7-11-19)23(32)30-15-22(31)28-14-21(30)16-4-2-1-3-5-16/h1-5,8-9,12-13,17,19,21,29H,6-7,10-11,14-15H2,(H,28,31). The summed E-state index contributed by atoms with van der Waals surface area (Å²) >= 11 is 0. The smallest absolute Gasteiger partial charge is 0.352 e. The second-order valence-corrected chi connectivity index (χ2v) is 10.6. The lowest BCUT2D eigenvalue weighted by Crippen LogP contribution is -2.54. The molecule has 0 bridgehead atoms. The number of nitrogens with one attached hydrogen (secondary N) is 2. The molecule has 1 atom stereocenters. The van der Waals surface area contributed by atoms with Crippen LogP contribution in [0.3, 0.4) is 0 Å². The van der Waals surface area contributed by atoms with E-state index >= 15 is 0 Å². The molecule has 2 amide bonds. The number of sulfonamides is 1. The Morgan fingerprint density at radius 1 is 0.971 bits per heavy atom. The third-order valence-corrected chi connectivity index (χ3v) is 8.08. The number of alkyl halides is 3. The van der Waals surface area contributed by atoms with Crippen molar-refractivity contribution in [1.82, 2.24) is 14.9 Å². The summed E-state index contributed by atoms with van der Waals surface area (Å²) in [6, 6.07) is 12.1. The summed E-state index contributed by atoms with van der Waals surface area (Å²) < 4.78 is 66.1. The number of carbonyl (C=O) groups is 2. The van der Waals surface area contributed by atoms with Crippen molar-refractivity contribution >= 4 is 21.8 Å². The third-order valence-electron chi connectivity index (χ3n) is 6.54. The van der Waals surface area contributed by atoms with E-state index < -0.39 is 27.8 Å². The van der Waals surface area contributed by atoms with Gasteiger partial charge in [-0.2, -0.15) is 13.2 Å². The van der Waals surface area contributed by atoms with Gasteiger partial charge in [0.2, 0.25) is 21.8 Å². The molecule has 2 N–H and O–H groups in total. The van der Waals surface area contributed by atoms with Crippen LogP contribution in [0.5, 0.6) is 0 Å². The second-order valence-electron chi connectivity index (χ2n) is 8.89. The molecule has 0 aromatic heterocycles. The average molecular weight is 510 g/mol. The predicted octanol–water partition coefficient (Wildman–Crippen LogP) is 3.24. The van der Waals surface area contributed by atoms with E-state index in [1.54, 1.807) is 4.90 Å². The number of piperazine rings is 1. The van der Waals surface area contributed by atoms with Gasteiger partial charge in [0.25, 0.3) is 0 Å². The zero-order chi connectivity index (χ0) is 25.2. The SMILES string of the molecule is O=C1CN(C(=O)C2CCC(NS(=O)(=O)c3ccc(C(F)(F)F)cc3)CC2)C(c2ccccc2)CN1. The van der Waals surface area contributed by atoms with E-state index in [-0.39, 0.29) is 35.2 Å². The van der Waals surface area contributed by atoms with Gasteiger partial charge >= 0.3 is 6.18 Å². The Bertz CT molecular complexity index is 1160. The fraction of sp³-hybridized carbons (Fsp3) is 0.417. The van der Waals surface area contributed by atoms with Crippen LogP contribution in [0.4, 0.5) is 13.2 Å². The van der Waals surface area contributed by atoms with E-state index in [0.29, 0.717) is 32.2 Å². The Morgan fingerprint density at radius 2 is 1.60 bits per heavy atom. The van der Waals surface area contributed by atoms with Crippen LogP contribution >= 0.6 is 0 Å². The van der Waals surface area contributed by atoms with Crippen LogP contribution in [0.15, 0.2) is 59.5 Å². The maximum atomic E-state index is 13.3. The van der Waals surface area contributed by atoms with Crippen LogP contribution in [-0.4, -0.2) is 44.3 Å². The number of halogens is 3. The predicted molar refractivity (Wildman–Crippen MR) is 121 cm³/mol. The highest BCUT2D eigenvalue weighted by Crippen LogP contribution is 2.32. The van der Waals surface area contributed by atoms with Crippen LogP contribution in [0.25, 0.3) is 0 Å². The highest BCUT2D eigenvalue weighted by Gasteiger charge is 2.37.